The van der Waals surface area contributed by atoms with E-state index in [-0.39, 0.29) is 0 Å². The van der Waals surface area contributed by atoms with E-state index in [1.165, 1.54) is 75.9 Å². The van der Waals surface area contributed by atoms with Crippen LogP contribution in [0, 0.1) is 0 Å². The smallest absolute Gasteiger partial charge is 0.326 e. The molecule has 3 aliphatic rings. The van der Waals surface area contributed by atoms with Gasteiger partial charge in [0.1, 0.15) is 0 Å². The molecule has 1 N–H and O–H groups in total. The highest BCUT2D eigenvalue weighted by Gasteiger charge is 2.62. The van der Waals surface area contributed by atoms with Gasteiger partial charge in [0.25, 0.3) is 5.96 Å². The van der Waals surface area contributed by atoms with Crippen LogP contribution in [0.3, 0.4) is 0 Å². The third kappa shape index (κ3) is 3.61. The van der Waals surface area contributed by atoms with Gasteiger partial charge in [-0.3, -0.25) is 5.32 Å². The van der Waals surface area contributed by atoms with Gasteiger partial charge in [0, 0.05) is 6.04 Å². The predicted molar refractivity (Wildman–Crippen MR) is 127 cm³/mol. The van der Waals surface area contributed by atoms with Crippen LogP contribution in [0.2, 0.25) is 11.6 Å². The molecule has 2 saturated carbocycles. The van der Waals surface area contributed by atoms with Gasteiger partial charge in [-0.15, -0.1) is 0 Å². The summed E-state index contributed by atoms with van der Waals surface area (Å²) in [5, 5.41) is 3.88. The molecule has 0 radical (unpaired) electrons. The highest BCUT2D eigenvalue weighted by Crippen LogP contribution is 2.54. The molecule has 29 heavy (non-hydrogen) atoms. The van der Waals surface area contributed by atoms with Gasteiger partial charge in [0.2, 0.25) is 0 Å². The molecule has 1 aromatic carbocycles. The van der Waals surface area contributed by atoms with E-state index >= 15 is 0 Å². The quantitative estimate of drug-likeness (QED) is 0.582. The molecule has 1 heterocycles. The number of anilines is 1. The maximum Gasteiger partial charge on any atom is 0.326 e. The number of hydrogen-bond donors (Lipinski definition) is 1. The maximum atomic E-state index is 3.88. The largest absolute Gasteiger partial charge is 0.420 e. The van der Waals surface area contributed by atoms with Crippen LogP contribution in [0.5, 0.6) is 0 Å². The Morgan fingerprint density at radius 3 is 1.79 bits per heavy atom. The van der Waals surface area contributed by atoms with Crippen molar-refractivity contribution >= 4 is 18.1 Å². The maximum absolute atomic E-state index is 3.88. The van der Waals surface area contributed by atoms with Crippen molar-refractivity contribution in [3.05, 3.63) is 30.3 Å². The van der Waals surface area contributed by atoms with Gasteiger partial charge in [-0.25, -0.2) is 0 Å². The summed E-state index contributed by atoms with van der Waals surface area (Å²) in [4.78, 5) is 2.83. The number of nitrogens with one attached hydrogen (secondary N) is 1. The first-order valence-electron chi connectivity index (χ1n) is 12.5. The van der Waals surface area contributed by atoms with Gasteiger partial charge in [-0.05, 0) is 39.8 Å². The minimum atomic E-state index is -0.759. The number of benzene rings is 1. The minimum Gasteiger partial charge on any atom is -0.420 e. The molecule has 3 nitrogen and oxygen atoms in total. The predicted octanol–water partition coefficient (Wildman–Crippen LogP) is 6.39. The van der Waals surface area contributed by atoms with Crippen molar-refractivity contribution in [2.75, 3.05) is 4.81 Å². The number of para-hydroxylation sites is 1. The van der Waals surface area contributed by atoms with Crippen LogP contribution in [0.1, 0.15) is 91.9 Å². The van der Waals surface area contributed by atoms with E-state index < -0.39 is 6.42 Å². The molecular formula is C25H42BN3. The normalized spacial score (nSPS) is 23.6. The Labute approximate surface area is 178 Å². The standard InChI is InChI=1S/C25H42BN3/c1-20(2)27-25-28(21(3)4)26(22-14-8-5-9-15-22,23-16-10-6-11-17-23)29(25)24-18-12-7-13-19-24/h7,12-13,18-23,27H,5-6,8-11,14-17H2,1-4H3. The fourth-order valence-electron chi connectivity index (χ4n) is 7.17. The topological polar surface area (TPSA) is 18.3 Å². The molecule has 160 valence electrons. The first kappa shape index (κ1) is 20.8. The van der Waals surface area contributed by atoms with Crippen LogP contribution in [0.15, 0.2) is 30.3 Å². The van der Waals surface area contributed by atoms with Crippen molar-refractivity contribution in [2.24, 2.45) is 0 Å². The molecule has 0 bridgehead atoms. The molecule has 0 unspecified atom stereocenters. The molecular weight excluding hydrogens is 353 g/mol. The summed E-state index contributed by atoms with van der Waals surface area (Å²) in [6.07, 6.45) is 13.4. The van der Waals surface area contributed by atoms with Crippen molar-refractivity contribution in [1.29, 1.82) is 0 Å². The molecule has 0 amide bonds. The number of rotatable bonds is 5. The average molecular weight is 395 g/mol. The zero-order chi connectivity index (χ0) is 20.4. The van der Waals surface area contributed by atoms with Gasteiger partial charge in [-0.2, -0.15) is 0 Å². The third-order valence-corrected chi connectivity index (χ3v) is 8.03. The van der Waals surface area contributed by atoms with Crippen molar-refractivity contribution in [3.63, 3.8) is 0 Å². The summed E-state index contributed by atoms with van der Waals surface area (Å²) < 4.78 is 2.89. The van der Waals surface area contributed by atoms with Gasteiger partial charge in [0.15, 0.2) is 0 Å². The second-order valence-corrected chi connectivity index (χ2v) is 10.5. The van der Waals surface area contributed by atoms with Crippen molar-refractivity contribution in [1.82, 2.24) is 5.32 Å². The Hall–Kier alpha value is -1.45. The SMILES string of the molecule is CC(C)NC1=[N+](C(C)C)[B-](C2CCCCC2)(C2CCCCC2)N1c1ccccc1. The molecule has 0 atom stereocenters. The molecule has 0 aromatic heterocycles. The van der Waals surface area contributed by atoms with E-state index in [1.807, 2.05) is 0 Å². The molecule has 2 aliphatic carbocycles. The summed E-state index contributed by atoms with van der Waals surface area (Å²) >= 11 is 0. The van der Waals surface area contributed by atoms with E-state index in [0.717, 1.165) is 11.6 Å². The van der Waals surface area contributed by atoms with Crippen LogP contribution >= 0.6 is 0 Å². The molecule has 1 aliphatic heterocycles. The highest BCUT2D eigenvalue weighted by molar-refractivity contribution is 6.86. The van der Waals surface area contributed by atoms with E-state index in [1.54, 1.807) is 0 Å². The zero-order valence-electron chi connectivity index (χ0n) is 19.2. The molecule has 2 fully saturated rings. The lowest BCUT2D eigenvalue weighted by atomic mass is 9.23. The third-order valence-electron chi connectivity index (χ3n) is 8.03. The summed E-state index contributed by atoms with van der Waals surface area (Å²) in [7, 11) is 0. The lowest BCUT2D eigenvalue weighted by Crippen LogP contribution is -2.84. The molecule has 1 aromatic rings. The number of nitrogens with zero attached hydrogens (tertiary/aromatic N) is 2. The number of hydrogen-bond acceptors (Lipinski definition) is 2. The lowest BCUT2D eigenvalue weighted by Gasteiger charge is -2.66. The van der Waals surface area contributed by atoms with E-state index in [2.05, 4.69) is 72.6 Å². The summed E-state index contributed by atoms with van der Waals surface area (Å²) in [6.45, 7) is 9.41. The van der Waals surface area contributed by atoms with Gasteiger partial charge in [0.05, 0.1) is 11.7 Å². The van der Waals surface area contributed by atoms with Crippen molar-refractivity contribution in [2.45, 2.75) is 116 Å². The van der Waals surface area contributed by atoms with E-state index in [4.69, 9.17) is 0 Å². The molecule has 0 spiro atoms. The van der Waals surface area contributed by atoms with Crippen molar-refractivity contribution < 1.29 is 4.49 Å². The average Bonchev–Trinajstić information content (AvgIpc) is 2.72. The second kappa shape index (κ2) is 8.74. The fourth-order valence-corrected chi connectivity index (χ4v) is 7.17. The first-order chi connectivity index (χ1) is 14.1. The van der Waals surface area contributed by atoms with Gasteiger partial charge >= 0.3 is 6.42 Å². The Kier molecular flexibility index (Phi) is 6.27. The summed E-state index contributed by atoms with van der Waals surface area (Å²) in [5.74, 6) is 3.02. The zero-order valence-corrected chi connectivity index (χ0v) is 19.2. The summed E-state index contributed by atoms with van der Waals surface area (Å²) in [5.41, 5.74) is 1.41. The summed E-state index contributed by atoms with van der Waals surface area (Å²) in [6, 6.07) is 12.3. The Bertz CT molecular complexity index is 682. The highest BCUT2D eigenvalue weighted by atomic mass is 15.5. The van der Waals surface area contributed by atoms with Crippen molar-refractivity contribution in [3.8, 4) is 0 Å². The van der Waals surface area contributed by atoms with E-state index in [0.29, 0.717) is 12.1 Å². The second-order valence-electron chi connectivity index (χ2n) is 10.5. The fraction of sp³-hybridized carbons (Fsp3) is 0.720. The molecule has 0 saturated heterocycles. The molecule has 4 heteroatoms. The minimum absolute atomic E-state index is 0.448. The van der Waals surface area contributed by atoms with Crippen LogP contribution in [-0.2, 0) is 0 Å². The van der Waals surface area contributed by atoms with Crippen LogP contribution in [0.25, 0.3) is 0 Å². The van der Waals surface area contributed by atoms with Gasteiger partial charge < -0.3 is 9.30 Å². The first-order valence-corrected chi connectivity index (χ1v) is 12.5. The molecule has 4 rings (SSSR count). The lowest BCUT2D eigenvalue weighted by molar-refractivity contribution is -0.462. The van der Waals surface area contributed by atoms with Crippen LogP contribution in [-0.4, -0.2) is 28.9 Å². The Morgan fingerprint density at radius 1 is 0.828 bits per heavy atom. The van der Waals surface area contributed by atoms with Crippen LogP contribution in [0.4, 0.5) is 5.69 Å². The Balaban J connectivity index is 1.89. The van der Waals surface area contributed by atoms with E-state index in [9.17, 15) is 0 Å². The monoisotopic (exact) mass is 395 g/mol. The number of guanidine groups is 1. The van der Waals surface area contributed by atoms with Crippen LogP contribution < -0.4 is 10.1 Å². The Morgan fingerprint density at radius 2 is 1.34 bits per heavy atom. The van der Waals surface area contributed by atoms with Gasteiger partial charge in [-0.1, -0.05) is 94.0 Å².